The summed E-state index contributed by atoms with van der Waals surface area (Å²) in [5.41, 5.74) is 9.97. The highest BCUT2D eigenvalue weighted by atomic mass is 35.5. The Morgan fingerprint density at radius 2 is 1.75 bits per heavy atom. The van der Waals surface area contributed by atoms with Crippen LogP contribution in [-0.2, 0) is 24.2 Å². The summed E-state index contributed by atoms with van der Waals surface area (Å²) in [4.78, 5) is 24.8. The van der Waals surface area contributed by atoms with Crippen LogP contribution < -0.4 is 10.5 Å². The van der Waals surface area contributed by atoms with Crippen LogP contribution in [0.4, 0.5) is 0 Å². The van der Waals surface area contributed by atoms with Crippen molar-refractivity contribution in [1.29, 1.82) is 0 Å². The number of carbonyl (C=O) groups is 2. The Balaban J connectivity index is 1.88. The van der Waals surface area contributed by atoms with Crippen LogP contribution >= 0.6 is 11.6 Å². The van der Waals surface area contributed by atoms with Gasteiger partial charge in [-0.3, -0.25) is 9.59 Å². The fourth-order valence-electron chi connectivity index (χ4n) is 4.02. The second-order valence-electron chi connectivity index (χ2n) is 7.52. The number of ether oxygens (including phenoxy) is 1. The maximum absolute atomic E-state index is 12.9. The van der Waals surface area contributed by atoms with E-state index >= 15 is 0 Å². The van der Waals surface area contributed by atoms with Crippen LogP contribution in [0, 0.1) is 0 Å². The highest BCUT2D eigenvalue weighted by Crippen LogP contribution is 2.33. The van der Waals surface area contributed by atoms with Crippen LogP contribution in [-0.4, -0.2) is 16.1 Å². The molecule has 0 unspecified atom stereocenters. The van der Waals surface area contributed by atoms with Gasteiger partial charge in [-0.25, -0.2) is 0 Å². The molecule has 0 radical (unpaired) electrons. The first-order valence-corrected chi connectivity index (χ1v) is 10.8. The molecule has 2 aromatic carbocycles. The number of amides is 1. The van der Waals surface area contributed by atoms with E-state index in [4.69, 9.17) is 22.1 Å². The molecule has 0 saturated carbocycles. The molecule has 0 spiro atoms. The van der Waals surface area contributed by atoms with Crippen molar-refractivity contribution in [3.05, 3.63) is 106 Å². The van der Waals surface area contributed by atoms with Crippen molar-refractivity contribution in [3.8, 4) is 5.75 Å². The number of Topliss-reactive ketones (excluding diaryl/α,β-unsaturated/α-hetero) is 1. The molecular formula is C26H23ClN2O3. The zero-order valence-corrected chi connectivity index (χ0v) is 18.4. The fourth-order valence-corrected chi connectivity index (χ4v) is 4.24. The van der Waals surface area contributed by atoms with Gasteiger partial charge in [-0.2, -0.15) is 0 Å². The van der Waals surface area contributed by atoms with E-state index in [1.807, 2.05) is 78.2 Å². The minimum Gasteiger partial charge on any atom is -0.487 e. The van der Waals surface area contributed by atoms with Crippen molar-refractivity contribution in [2.24, 2.45) is 5.73 Å². The van der Waals surface area contributed by atoms with E-state index in [2.05, 4.69) is 0 Å². The van der Waals surface area contributed by atoms with Crippen molar-refractivity contribution in [1.82, 2.24) is 4.40 Å². The molecule has 6 heteroatoms. The molecule has 1 amide bonds. The molecular weight excluding hydrogens is 424 g/mol. The molecule has 0 saturated heterocycles. The third-order valence-electron chi connectivity index (χ3n) is 5.44. The third kappa shape index (κ3) is 4.25. The van der Waals surface area contributed by atoms with E-state index in [1.165, 1.54) is 0 Å². The number of ketones is 1. The first kappa shape index (κ1) is 21.7. The molecule has 0 atom stereocenters. The first-order chi connectivity index (χ1) is 15.5. The number of hydrogen-bond acceptors (Lipinski definition) is 3. The van der Waals surface area contributed by atoms with Crippen molar-refractivity contribution in [2.45, 2.75) is 26.4 Å². The summed E-state index contributed by atoms with van der Waals surface area (Å²) in [5, 5.41) is 0.640. The topological polar surface area (TPSA) is 73.8 Å². The summed E-state index contributed by atoms with van der Waals surface area (Å²) in [7, 11) is 0. The first-order valence-electron chi connectivity index (χ1n) is 10.4. The van der Waals surface area contributed by atoms with Gasteiger partial charge in [-0.1, -0.05) is 61.0 Å². The van der Waals surface area contributed by atoms with E-state index < -0.39 is 11.7 Å². The van der Waals surface area contributed by atoms with Gasteiger partial charge in [0.15, 0.2) is 0 Å². The summed E-state index contributed by atoms with van der Waals surface area (Å²) in [5.74, 6) is -1.18. The van der Waals surface area contributed by atoms with Gasteiger partial charge in [0.05, 0.1) is 11.1 Å². The minimum atomic E-state index is -0.987. The Morgan fingerprint density at radius 1 is 1.00 bits per heavy atom. The molecule has 2 N–H and O–H groups in total. The van der Waals surface area contributed by atoms with Crippen molar-refractivity contribution in [3.63, 3.8) is 0 Å². The lowest BCUT2D eigenvalue weighted by atomic mass is 9.99. The van der Waals surface area contributed by atoms with Gasteiger partial charge in [0.25, 0.3) is 11.7 Å². The van der Waals surface area contributed by atoms with E-state index in [-0.39, 0.29) is 0 Å². The lowest BCUT2D eigenvalue weighted by Crippen LogP contribution is -2.24. The Kier molecular flexibility index (Phi) is 6.28. The second-order valence-corrected chi connectivity index (χ2v) is 7.96. The van der Waals surface area contributed by atoms with Crippen LogP contribution in [0.3, 0.4) is 0 Å². The number of benzene rings is 2. The lowest BCUT2D eigenvalue weighted by molar-refractivity contribution is -0.114. The van der Waals surface area contributed by atoms with Crippen LogP contribution in [0.25, 0.3) is 5.52 Å². The van der Waals surface area contributed by atoms with Gasteiger partial charge >= 0.3 is 0 Å². The van der Waals surface area contributed by atoms with E-state index in [0.717, 1.165) is 22.4 Å². The number of nitrogens with two attached hydrogens (primary N) is 1. The molecule has 0 fully saturated rings. The molecule has 0 aliphatic heterocycles. The predicted octanol–water partition coefficient (Wildman–Crippen LogP) is 4.99. The Morgan fingerprint density at radius 3 is 2.44 bits per heavy atom. The molecule has 5 nitrogen and oxygen atoms in total. The van der Waals surface area contributed by atoms with E-state index in [0.29, 0.717) is 41.3 Å². The minimum absolute atomic E-state index is 0.306. The van der Waals surface area contributed by atoms with Crippen molar-refractivity contribution in [2.75, 3.05) is 0 Å². The molecule has 4 rings (SSSR count). The van der Waals surface area contributed by atoms with Crippen LogP contribution in [0.5, 0.6) is 5.75 Å². The second kappa shape index (κ2) is 9.28. The SMILES string of the molecule is CCc1c(C(=O)C(N)=O)c2c(OCc3ccccc3)cccn2c1Cc1cccc(Cl)c1. The monoisotopic (exact) mass is 446 g/mol. The number of hydrogen-bond donors (Lipinski definition) is 1. The number of carbonyl (C=O) groups excluding carboxylic acids is 2. The van der Waals surface area contributed by atoms with Crippen LogP contribution in [0.2, 0.25) is 5.02 Å². The fraction of sp³-hybridized carbons (Fsp3) is 0.154. The van der Waals surface area contributed by atoms with Gasteiger partial charge in [-0.05, 0) is 47.4 Å². The highest BCUT2D eigenvalue weighted by molar-refractivity contribution is 6.44. The molecule has 32 heavy (non-hydrogen) atoms. The largest absolute Gasteiger partial charge is 0.487 e. The number of halogens is 1. The number of fused-ring (bicyclic) bond motifs is 1. The Labute approximate surface area is 191 Å². The molecule has 2 heterocycles. The zero-order chi connectivity index (χ0) is 22.7. The molecule has 4 aromatic rings. The third-order valence-corrected chi connectivity index (χ3v) is 5.67. The average Bonchev–Trinajstić information content (AvgIpc) is 3.11. The lowest BCUT2D eigenvalue weighted by Gasteiger charge is -2.11. The predicted molar refractivity (Wildman–Crippen MR) is 125 cm³/mol. The van der Waals surface area contributed by atoms with Gasteiger partial charge in [0, 0.05) is 23.3 Å². The number of aromatic nitrogens is 1. The van der Waals surface area contributed by atoms with Gasteiger partial charge in [0.1, 0.15) is 12.4 Å². The zero-order valence-electron chi connectivity index (χ0n) is 17.7. The van der Waals surface area contributed by atoms with Gasteiger partial charge < -0.3 is 14.9 Å². The number of primary amides is 1. The molecule has 2 aromatic heterocycles. The summed E-state index contributed by atoms with van der Waals surface area (Å²) in [6, 6.07) is 21.0. The normalized spacial score (nSPS) is 10.9. The summed E-state index contributed by atoms with van der Waals surface area (Å²) >= 11 is 6.18. The van der Waals surface area contributed by atoms with E-state index in [1.54, 1.807) is 6.07 Å². The summed E-state index contributed by atoms with van der Waals surface area (Å²) in [6.07, 6.45) is 2.98. The highest BCUT2D eigenvalue weighted by Gasteiger charge is 2.27. The summed E-state index contributed by atoms with van der Waals surface area (Å²) < 4.78 is 8.04. The van der Waals surface area contributed by atoms with E-state index in [9.17, 15) is 9.59 Å². The number of nitrogens with zero attached hydrogens (tertiary/aromatic N) is 1. The Hall–Kier alpha value is -3.57. The van der Waals surface area contributed by atoms with Crippen molar-refractivity contribution >= 4 is 28.8 Å². The molecule has 0 aliphatic rings. The van der Waals surface area contributed by atoms with Gasteiger partial charge in [-0.15, -0.1) is 0 Å². The molecule has 0 bridgehead atoms. The van der Waals surface area contributed by atoms with Crippen molar-refractivity contribution < 1.29 is 14.3 Å². The maximum Gasteiger partial charge on any atom is 0.289 e. The number of rotatable bonds is 8. The quantitative estimate of drug-likeness (QED) is 0.306. The maximum atomic E-state index is 12.9. The van der Waals surface area contributed by atoms with Crippen LogP contribution in [0.1, 0.15) is 39.7 Å². The molecule has 162 valence electrons. The summed E-state index contributed by atoms with van der Waals surface area (Å²) in [6.45, 7) is 2.29. The standard InChI is InChI=1S/C26H23ClN2O3/c1-2-20-21(15-18-10-6-11-19(27)14-18)29-13-7-12-22(24(29)23(20)25(30)26(28)31)32-16-17-8-4-3-5-9-17/h3-14H,2,15-16H2,1H3,(H2,28,31). The average molecular weight is 447 g/mol. The van der Waals surface area contributed by atoms with Gasteiger partial charge in [0.2, 0.25) is 0 Å². The molecule has 0 aliphatic carbocycles. The number of pyridine rings is 1. The smallest absolute Gasteiger partial charge is 0.289 e. The van der Waals surface area contributed by atoms with Crippen LogP contribution in [0.15, 0.2) is 72.9 Å². The Bertz CT molecular complexity index is 1300.